The highest BCUT2D eigenvalue weighted by atomic mass is 19.4. The summed E-state index contributed by atoms with van der Waals surface area (Å²) in [6, 6.07) is 2.38. The fraction of sp³-hybridized carbons (Fsp3) is 0.400. The van der Waals surface area contributed by atoms with Crippen LogP contribution in [0, 0.1) is 0 Å². The van der Waals surface area contributed by atoms with Crippen LogP contribution in [0.15, 0.2) is 24.3 Å². The molecule has 0 spiro atoms. The molecule has 0 saturated heterocycles. The summed E-state index contributed by atoms with van der Waals surface area (Å²) in [6.45, 7) is 0. The maximum absolute atomic E-state index is 12.5. The van der Waals surface area contributed by atoms with Gasteiger partial charge in [0.05, 0.1) is 0 Å². The SMILES string of the molecule is CNC(c1cccc(C(F)F)c1)C(F)(F)F. The number of benzene rings is 1. The Labute approximate surface area is 89.3 Å². The highest BCUT2D eigenvalue weighted by Crippen LogP contribution is 2.33. The minimum atomic E-state index is -4.50. The first-order valence-electron chi connectivity index (χ1n) is 4.48. The average molecular weight is 239 g/mol. The van der Waals surface area contributed by atoms with Crippen molar-refractivity contribution in [1.82, 2.24) is 5.32 Å². The molecule has 1 unspecified atom stereocenters. The number of rotatable bonds is 3. The third kappa shape index (κ3) is 2.91. The van der Waals surface area contributed by atoms with Gasteiger partial charge in [-0.05, 0) is 18.7 Å². The van der Waals surface area contributed by atoms with E-state index < -0.39 is 24.2 Å². The van der Waals surface area contributed by atoms with Gasteiger partial charge in [0.15, 0.2) is 0 Å². The molecule has 1 rings (SSSR count). The fourth-order valence-corrected chi connectivity index (χ4v) is 1.39. The second-order valence-electron chi connectivity index (χ2n) is 3.23. The molecule has 1 N–H and O–H groups in total. The Morgan fingerprint density at radius 3 is 2.12 bits per heavy atom. The zero-order chi connectivity index (χ0) is 12.3. The quantitative estimate of drug-likeness (QED) is 0.796. The van der Waals surface area contributed by atoms with E-state index in [1.807, 2.05) is 0 Å². The van der Waals surface area contributed by atoms with E-state index in [1.54, 1.807) is 0 Å². The Morgan fingerprint density at radius 1 is 1.12 bits per heavy atom. The van der Waals surface area contributed by atoms with Gasteiger partial charge in [-0.15, -0.1) is 0 Å². The van der Waals surface area contributed by atoms with Crippen LogP contribution in [0.5, 0.6) is 0 Å². The summed E-state index contributed by atoms with van der Waals surface area (Å²) in [4.78, 5) is 0. The molecule has 0 fully saturated rings. The summed E-state index contributed by atoms with van der Waals surface area (Å²) < 4.78 is 62.1. The molecule has 1 atom stereocenters. The Balaban J connectivity index is 3.07. The average Bonchev–Trinajstić information content (AvgIpc) is 2.17. The molecule has 6 heteroatoms. The summed E-state index contributed by atoms with van der Waals surface area (Å²) in [6.07, 6.45) is -7.28. The van der Waals surface area contributed by atoms with Gasteiger partial charge in [0.1, 0.15) is 6.04 Å². The summed E-state index contributed by atoms with van der Waals surface area (Å²) in [7, 11) is 1.13. The van der Waals surface area contributed by atoms with Gasteiger partial charge in [-0.3, -0.25) is 0 Å². The molecule has 0 aliphatic rings. The van der Waals surface area contributed by atoms with Gasteiger partial charge in [0.25, 0.3) is 6.43 Å². The molecule has 0 heterocycles. The molecular weight excluding hydrogens is 229 g/mol. The Kier molecular flexibility index (Phi) is 3.85. The minimum absolute atomic E-state index is 0.215. The lowest BCUT2D eigenvalue weighted by Gasteiger charge is -2.20. The molecule has 1 nitrogen and oxygen atoms in total. The molecule has 0 aliphatic heterocycles. The molecule has 0 saturated carbocycles. The Morgan fingerprint density at radius 2 is 1.69 bits per heavy atom. The largest absolute Gasteiger partial charge is 0.407 e. The summed E-state index contributed by atoms with van der Waals surface area (Å²) in [5.41, 5.74) is -0.630. The van der Waals surface area contributed by atoms with Gasteiger partial charge >= 0.3 is 6.18 Å². The van der Waals surface area contributed by atoms with Crippen molar-refractivity contribution >= 4 is 0 Å². The summed E-state index contributed by atoms with van der Waals surface area (Å²) in [5, 5.41) is 2.05. The highest BCUT2D eigenvalue weighted by molar-refractivity contribution is 5.27. The Hall–Kier alpha value is -1.17. The molecule has 0 bridgehead atoms. The van der Waals surface area contributed by atoms with Crippen LogP contribution in [0.2, 0.25) is 0 Å². The van der Waals surface area contributed by atoms with Crippen molar-refractivity contribution in [1.29, 1.82) is 0 Å². The van der Waals surface area contributed by atoms with E-state index in [-0.39, 0.29) is 5.56 Å². The lowest BCUT2D eigenvalue weighted by atomic mass is 10.0. The number of alkyl halides is 5. The van der Waals surface area contributed by atoms with Gasteiger partial charge in [-0.2, -0.15) is 13.2 Å². The normalized spacial score (nSPS) is 14.2. The molecule has 0 aliphatic carbocycles. The molecule has 1 aromatic carbocycles. The van der Waals surface area contributed by atoms with Crippen LogP contribution >= 0.6 is 0 Å². The lowest BCUT2D eigenvalue weighted by molar-refractivity contribution is -0.156. The van der Waals surface area contributed by atoms with Crippen LogP contribution in [0.25, 0.3) is 0 Å². The van der Waals surface area contributed by atoms with Crippen molar-refractivity contribution in [3.05, 3.63) is 35.4 Å². The van der Waals surface area contributed by atoms with E-state index in [9.17, 15) is 22.0 Å². The van der Waals surface area contributed by atoms with Gasteiger partial charge in [0, 0.05) is 5.56 Å². The highest BCUT2D eigenvalue weighted by Gasteiger charge is 2.39. The Bertz CT molecular complexity index is 347. The molecular formula is C10H10F5N. The van der Waals surface area contributed by atoms with E-state index in [0.717, 1.165) is 19.2 Å². The van der Waals surface area contributed by atoms with Crippen molar-refractivity contribution in [2.24, 2.45) is 0 Å². The van der Waals surface area contributed by atoms with Crippen molar-refractivity contribution in [3.8, 4) is 0 Å². The van der Waals surface area contributed by atoms with E-state index in [4.69, 9.17) is 0 Å². The van der Waals surface area contributed by atoms with E-state index in [2.05, 4.69) is 5.32 Å². The topological polar surface area (TPSA) is 12.0 Å². The molecule has 0 amide bonds. The maximum Gasteiger partial charge on any atom is 0.407 e. The van der Waals surface area contributed by atoms with Crippen molar-refractivity contribution in [2.75, 3.05) is 7.05 Å². The van der Waals surface area contributed by atoms with Gasteiger partial charge in [-0.25, -0.2) is 8.78 Å². The zero-order valence-corrected chi connectivity index (χ0v) is 8.35. The summed E-state index contributed by atoms with van der Waals surface area (Å²) >= 11 is 0. The van der Waals surface area contributed by atoms with E-state index >= 15 is 0 Å². The second-order valence-corrected chi connectivity index (χ2v) is 3.23. The second kappa shape index (κ2) is 4.78. The van der Waals surface area contributed by atoms with E-state index in [0.29, 0.717) is 0 Å². The number of nitrogens with one attached hydrogen (secondary N) is 1. The van der Waals surface area contributed by atoms with Crippen LogP contribution in [0.1, 0.15) is 23.6 Å². The van der Waals surface area contributed by atoms with Crippen molar-refractivity contribution < 1.29 is 22.0 Å². The maximum atomic E-state index is 12.5. The molecule has 1 aromatic rings. The van der Waals surface area contributed by atoms with Crippen LogP contribution in [-0.2, 0) is 0 Å². The minimum Gasteiger partial charge on any atom is -0.306 e. The van der Waals surface area contributed by atoms with Crippen molar-refractivity contribution in [2.45, 2.75) is 18.6 Å². The standard InChI is InChI=1S/C10H10F5N/c1-16-8(10(13,14)15)6-3-2-4-7(5-6)9(11)12/h2-5,8-9,16H,1H3. The first-order valence-corrected chi connectivity index (χ1v) is 4.48. The molecule has 16 heavy (non-hydrogen) atoms. The van der Waals surface area contributed by atoms with Crippen LogP contribution < -0.4 is 5.32 Å². The van der Waals surface area contributed by atoms with Gasteiger partial charge < -0.3 is 5.32 Å². The first kappa shape index (κ1) is 12.9. The van der Waals surface area contributed by atoms with Gasteiger partial charge in [-0.1, -0.05) is 18.2 Å². The number of hydrogen-bond donors (Lipinski definition) is 1. The third-order valence-electron chi connectivity index (χ3n) is 2.11. The van der Waals surface area contributed by atoms with Crippen molar-refractivity contribution in [3.63, 3.8) is 0 Å². The van der Waals surface area contributed by atoms with E-state index in [1.165, 1.54) is 12.1 Å². The zero-order valence-electron chi connectivity index (χ0n) is 8.35. The predicted molar refractivity (Wildman–Crippen MR) is 49.3 cm³/mol. The lowest BCUT2D eigenvalue weighted by Crippen LogP contribution is -2.31. The monoisotopic (exact) mass is 239 g/mol. The fourth-order valence-electron chi connectivity index (χ4n) is 1.39. The molecule has 0 aromatic heterocycles. The van der Waals surface area contributed by atoms with Crippen LogP contribution in [0.4, 0.5) is 22.0 Å². The summed E-state index contributed by atoms with van der Waals surface area (Å²) in [5.74, 6) is 0. The number of hydrogen-bond acceptors (Lipinski definition) is 1. The molecule has 0 radical (unpaired) electrons. The predicted octanol–water partition coefficient (Wildman–Crippen LogP) is 3.45. The first-order chi connectivity index (χ1) is 7.36. The number of halogens is 5. The van der Waals surface area contributed by atoms with Crippen LogP contribution in [-0.4, -0.2) is 13.2 Å². The van der Waals surface area contributed by atoms with Gasteiger partial charge in [0.2, 0.25) is 0 Å². The smallest absolute Gasteiger partial charge is 0.306 e. The third-order valence-corrected chi connectivity index (χ3v) is 2.11. The molecule has 90 valence electrons. The van der Waals surface area contributed by atoms with Crippen LogP contribution in [0.3, 0.4) is 0 Å².